The summed E-state index contributed by atoms with van der Waals surface area (Å²) in [5.74, 6) is 0.843. The van der Waals surface area contributed by atoms with E-state index >= 15 is 0 Å². The Kier molecular flexibility index (Phi) is 4.85. The summed E-state index contributed by atoms with van der Waals surface area (Å²) in [6.45, 7) is 0.642. The lowest BCUT2D eigenvalue weighted by Crippen LogP contribution is -2.27. The number of nitrogens with zero attached hydrogens (tertiary/aromatic N) is 1. The van der Waals surface area contributed by atoms with Gasteiger partial charge in [0.15, 0.2) is 0 Å². The van der Waals surface area contributed by atoms with Crippen molar-refractivity contribution in [3.8, 4) is 5.75 Å². The standard InChI is InChI=1S/C20H22N2O2/c1-22-14-16(18-5-3-4-6-19(18)22)11-12-21-20(23)13-15-7-9-17(24-2)10-8-15/h3-10,14H,11-13H2,1-2H3,(H,21,23). The number of fused-ring (bicyclic) bond motifs is 1. The minimum absolute atomic E-state index is 0.0420. The number of benzene rings is 2. The number of rotatable bonds is 6. The van der Waals surface area contributed by atoms with Crippen molar-refractivity contribution in [2.45, 2.75) is 12.8 Å². The second kappa shape index (κ2) is 7.21. The monoisotopic (exact) mass is 322 g/mol. The third-order valence-corrected chi connectivity index (χ3v) is 4.22. The number of para-hydroxylation sites is 1. The fraction of sp³-hybridized carbons (Fsp3) is 0.250. The Bertz CT molecular complexity index is 834. The van der Waals surface area contributed by atoms with Crippen LogP contribution in [-0.4, -0.2) is 24.1 Å². The molecule has 0 saturated carbocycles. The summed E-state index contributed by atoms with van der Waals surface area (Å²) in [4.78, 5) is 12.1. The zero-order chi connectivity index (χ0) is 16.9. The van der Waals surface area contributed by atoms with Crippen molar-refractivity contribution in [1.82, 2.24) is 9.88 Å². The van der Waals surface area contributed by atoms with Gasteiger partial charge in [0.2, 0.25) is 5.91 Å². The topological polar surface area (TPSA) is 43.3 Å². The van der Waals surface area contributed by atoms with E-state index in [0.717, 1.165) is 17.7 Å². The van der Waals surface area contributed by atoms with Crippen LogP contribution in [0.3, 0.4) is 0 Å². The maximum absolute atomic E-state index is 12.1. The first-order valence-electron chi connectivity index (χ1n) is 8.10. The van der Waals surface area contributed by atoms with Gasteiger partial charge in [-0.15, -0.1) is 0 Å². The first-order chi connectivity index (χ1) is 11.7. The maximum Gasteiger partial charge on any atom is 0.224 e. The molecule has 0 aliphatic rings. The van der Waals surface area contributed by atoms with E-state index in [2.05, 4.69) is 28.2 Å². The van der Waals surface area contributed by atoms with Crippen molar-refractivity contribution in [3.63, 3.8) is 0 Å². The van der Waals surface area contributed by atoms with Gasteiger partial charge < -0.3 is 14.6 Å². The molecule has 3 aromatic rings. The summed E-state index contributed by atoms with van der Waals surface area (Å²) in [5, 5.41) is 4.26. The van der Waals surface area contributed by atoms with Gasteiger partial charge in [0, 0.05) is 30.7 Å². The Morgan fingerprint density at radius 1 is 1.12 bits per heavy atom. The van der Waals surface area contributed by atoms with Crippen LogP contribution in [0.25, 0.3) is 10.9 Å². The Morgan fingerprint density at radius 2 is 1.88 bits per heavy atom. The molecule has 0 aliphatic heterocycles. The van der Waals surface area contributed by atoms with Gasteiger partial charge in [-0.2, -0.15) is 0 Å². The van der Waals surface area contributed by atoms with E-state index in [0.29, 0.717) is 13.0 Å². The van der Waals surface area contributed by atoms with Gasteiger partial charge in [0.25, 0.3) is 0 Å². The molecular weight excluding hydrogens is 300 g/mol. The largest absolute Gasteiger partial charge is 0.497 e. The fourth-order valence-electron chi connectivity index (χ4n) is 2.95. The molecule has 0 bridgehead atoms. The highest BCUT2D eigenvalue weighted by molar-refractivity contribution is 5.84. The number of methoxy groups -OCH3 is 1. The van der Waals surface area contributed by atoms with Gasteiger partial charge >= 0.3 is 0 Å². The van der Waals surface area contributed by atoms with Crippen LogP contribution >= 0.6 is 0 Å². The molecule has 124 valence electrons. The van der Waals surface area contributed by atoms with Crippen LogP contribution in [0.15, 0.2) is 54.7 Å². The van der Waals surface area contributed by atoms with Crippen molar-refractivity contribution in [3.05, 3.63) is 65.9 Å². The molecule has 0 radical (unpaired) electrons. The highest BCUT2D eigenvalue weighted by Gasteiger charge is 2.07. The molecule has 0 unspecified atom stereocenters. The van der Waals surface area contributed by atoms with E-state index in [1.807, 2.05) is 43.4 Å². The minimum atomic E-state index is 0.0420. The van der Waals surface area contributed by atoms with Crippen LogP contribution in [0, 0.1) is 0 Å². The van der Waals surface area contributed by atoms with Gasteiger partial charge in [-0.1, -0.05) is 30.3 Å². The highest BCUT2D eigenvalue weighted by atomic mass is 16.5. The molecule has 4 nitrogen and oxygen atoms in total. The fourth-order valence-corrected chi connectivity index (χ4v) is 2.95. The molecule has 0 spiro atoms. The van der Waals surface area contributed by atoms with Gasteiger partial charge in [0.1, 0.15) is 5.75 Å². The molecule has 1 N–H and O–H groups in total. The molecule has 1 aromatic heterocycles. The van der Waals surface area contributed by atoms with Crippen molar-refractivity contribution in [2.24, 2.45) is 7.05 Å². The van der Waals surface area contributed by atoms with Crippen molar-refractivity contribution in [1.29, 1.82) is 0 Å². The number of hydrogen-bond acceptors (Lipinski definition) is 2. The summed E-state index contributed by atoms with van der Waals surface area (Å²) in [6.07, 6.45) is 3.36. The summed E-state index contributed by atoms with van der Waals surface area (Å²) in [5.41, 5.74) is 3.47. The summed E-state index contributed by atoms with van der Waals surface area (Å²) < 4.78 is 7.25. The number of amides is 1. The van der Waals surface area contributed by atoms with Crippen LogP contribution in [0.5, 0.6) is 5.75 Å². The maximum atomic E-state index is 12.1. The number of aryl methyl sites for hydroxylation is 1. The first kappa shape index (κ1) is 16.1. The van der Waals surface area contributed by atoms with Crippen molar-refractivity contribution >= 4 is 16.8 Å². The van der Waals surface area contributed by atoms with Crippen molar-refractivity contribution in [2.75, 3.05) is 13.7 Å². The van der Waals surface area contributed by atoms with E-state index in [9.17, 15) is 4.79 Å². The first-order valence-corrected chi connectivity index (χ1v) is 8.10. The predicted octanol–water partition coefficient (Wildman–Crippen LogP) is 3.09. The lowest BCUT2D eigenvalue weighted by molar-refractivity contribution is -0.120. The molecule has 3 rings (SSSR count). The Hall–Kier alpha value is -2.75. The van der Waals surface area contributed by atoms with Crippen LogP contribution in [0.1, 0.15) is 11.1 Å². The molecular formula is C20H22N2O2. The molecule has 1 amide bonds. The van der Waals surface area contributed by atoms with E-state index in [-0.39, 0.29) is 5.91 Å². The van der Waals surface area contributed by atoms with E-state index in [4.69, 9.17) is 4.74 Å². The van der Waals surface area contributed by atoms with E-state index < -0.39 is 0 Å². The highest BCUT2D eigenvalue weighted by Crippen LogP contribution is 2.20. The lowest BCUT2D eigenvalue weighted by atomic mass is 10.1. The number of ether oxygens (including phenoxy) is 1. The summed E-state index contributed by atoms with van der Waals surface area (Å²) in [6, 6.07) is 15.9. The number of nitrogens with one attached hydrogen (secondary N) is 1. The number of carbonyl (C=O) groups excluding carboxylic acids is 1. The molecule has 2 aromatic carbocycles. The third kappa shape index (κ3) is 3.59. The number of hydrogen-bond donors (Lipinski definition) is 1. The van der Waals surface area contributed by atoms with Gasteiger partial charge in [-0.05, 0) is 35.7 Å². The quantitative estimate of drug-likeness (QED) is 0.758. The van der Waals surface area contributed by atoms with Gasteiger partial charge in [0.05, 0.1) is 13.5 Å². The minimum Gasteiger partial charge on any atom is -0.497 e. The second-order valence-electron chi connectivity index (χ2n) is 5.91. The summed E-state index contributed by atoms with van der Waals surface area (Å²) in [7, 11) is 3.68. The second-order valence-corrected chi connectivity index (χ2v) is 5.91. The molecule has 0 saturated heterocycles. The zero-order valence-corrected chi connectivity index (χ0v) is 14.1. The van der Waals surface area contributed by atoms with E-state index in [1.165, 1.54) is 16.5 Å². The normalized spacial score (nSPS) is 10.8. The number of aromatic nitrogens is 1. The molecule has 1 heterocycles. The van der Waals surface area contributed by atoms with Crippen LogP contribution in [0.4, 0.5) is 0 Å². The van der Waals surface area contributed by atoms with Gasteiger partial charge in [-0.25, -0.2) is 0 Å². The zero-order valence-electron chi connectivity index (χ0n) is 14.1. The molecule has 4 heteroatoms. The molecule has 0 aliphatic carbocycles. The molecule has 0 fully saturated rings. The SMILES string of the molecule is COc1ccc(CC(=O)NCCc2cn(C)c3ccccc23)cc1. The van der Waals surface area contributed by atoms with E-state index in [1.54, 1.807) is 7.11 Å². The Labute approximate surface area is 142 Å². The molecule has 24 heavy (non-hydrogen) atoms. The lowest BCUT2D eigenvalue weighted by Gasteiger charge is -2.06. The van der Waals surface area contributed by atoms with Crippen LogP contribution in [0.2, 0.25) is 0 Å². The third-order valence-electron chi connectivity index (χ3n) is 4.22. The Balaban J connectivity index is 1.54. The van der Waals surface area contributed by atoms with Crippen LogP contribution < -0.4 is 10.1 Å². The summed E-state index contributed by atoms with van der Waals surface area (Å²) >= 11 is 0. The predicted molar refractivity (Wildman–Crippen MR) is 96.3 cm³/mol. The Morgan fingerprint density at radius 3 is 2.62 bits per heavy atom. The van der Waals surface area contributed by atoms with Crippen LogP contribution in [-0.2, 0) is 24.7 Å². The molecule has 0 atom stereocenters. The number of carbonyl (C=O) groups is 1. The average Bonchev–Trinajstić information content (AvgIpc) is 2.92. The average molecular weight is 322 g/mol. The van der Waals surface area contributed by atoms with Gasteiger partial charge in [-0.3, -0.25) is 4.79 Å². The van der Waals surface area contributed by atoms with Crippen molar-refractivity contribution < 1.29 is 9.53 Å². The smallest absolute Gasteiger partial charge is 0.224 e.